The lowest BCUT2D eigenvalue weighted by Crippen LogP contribution is -2.27. The minimum absolute atomic E-state index is 0.107. The van der Waals surface area contributed by atoms with Crippen LogP contribution >= 0.6 is 0 Å². The van der Waals surface area contributed by atoms with Gasteiger partial charge in [0.2, 0.25) is 0 Å². The quantitative estimate of drug-likeness (QED) is 0.846. The highest BCUT2D eigenvalue weighted by molar-refractivity contribution is 7.84. The van der Waals surface area contributed by atoms with Crippen molar-refractivity contribution in [2.75, 3.05) is 19.9 Å². The van der Waals surface area contributed by atoms with Crippen LogP contribution in [0.15, 0.2) is 18.2 Å². The maximum Gasteiger partial charge on any atom is 0.123 e. The van der Waals surface area contributed by atoms with Crippen LogP contribution in [-0.4, -0.2) is 29.4 Å². The molecule has 2 atom stereocenters. The molecule has 0 spiro atoms. The number of benzene rings is 1. The standard InChI is InChI=1S/C13H18N2O2S/c1-10(18(3)16)8-15-9-12-6-11(7-14)4-5-13(12)17-2/h4-6,10,15H,8-9H2,1-3H3. The van der Waals surface area contributed by atoms with Gasteiger partial charge in [-0.15, -0.1) is 0 Å². The average molecular weight is 266 g/mol. The van der Waals surface area contributed by atoms with Gasteiger partial charge in [-0.1, -0.05) is 0 Å². The summed E-state index contributed by atoms with van der Waals surface area (Å²) < 4.78 is 16.5. The number of rotatable bonds is 6. The van der Waals surface area contributed by atoms with E-state index in [0.717, 1.165) is 11.3 Å². The zero-order valence-corrected chi connectivity index (χ0v) is 11.7. The van der Waals surface area contributed by atoms with Gasteiger partial charge >= 0.3 is 0 Å². The molecule has 0 aliphatic heterocycles. The maximum absolute atomic E-state index is 11.2. The minimum atomic E-state index is -0.827. The van der Waals surface area contributed by atoms with Gasteiger partial charge in [0.1, 0.15) is 5.75 Å². The number of hydrogen-bond acceptors (Lipinski definition) is 4. The van der Waals surface area contributed by atoms with Crippen molar-refractivity contribution < 1.29 is 8.95 Å². The van der Waals surface area contributed by atoms with Crippen LogP contribution in [0.1, 0.15) is 18.1 Å². The van der Waals surface area contributed by atoms with Crippen LogP contribution in [0.25, 0.3) is 0 Å². The second-order valence-corrected chi connectivity index (χ2v) is 5.88. The van der Waals surface area contributed by atoms with Crippen molar-refractivity contribution in [1.82, 2.24) is 5.32 Å². The Morgan fingerprint density at radius 3 is 2.83 bits per heavy atom. The van der Waals surface area contributed by atoms with E-state index in [9.17, 15) is 4.21 Å². The van der Waals surface area contributed by atoms with Crippen LogP contribution in [0, 0.1) is 11.3 Å². The molecule has 0 saturated heterocycles. The van der Waals surface area contributed by atoms with Crippen LogP contribution < -0.4 is 10.1 Å². The third-order valence-corrected chi connectivity index (χ3v) is 4.02. The molecule has 0 heterocycles. The Balaban J connectivity index is 2.66. The highest BCUT2D eigenvalue weighted by Crippen LogP contribution is 2.19. The molecule has 1 aromatic carbocycles. The molecule has 0 amide bonds. The first-order valence-corrected chi connectivity index (χ1v) is 7.30. The van der Waals surface area contributed by atoms with Gasteiger partial charge in [0.25, 0.3) is 0 Å². The number of nitrogens with zero attached hydrogens (tertiary/aromatic N) is 1. The van der Waals surface area contributed by atoms with E-state index >= 15 is 0 Å². The Morgan fingerprint density at radius 1 is 1.56 bits per heavy atom. The summed E-state index contributed by atoms with van der Waals surface area (Å²) in [5.74, 6) is 0.756. The van der Waals surface area contributed by atoms with Gasteiger partial charge < -0.3 is 10.1 Å². The van der Waals surface area contributed by atoms with Crippen molar-refractivity contribution in [3.05, 3.63) is 29.3 Å². The van der Waals surface area contributed by atoms with Crippen molar-refractivity contribution in [1.29, 1.82) is 5.26 Å². The number of ether oxygens (including phenoxy) is 1. The van der Waals surface area contributed by atoms with Gasteiger partial charge in [0.05, 0.1) is 18.7 Å². The molecule has 1 aromatic rings. The van der Waals surface area contributed by atoms with Crippen LogP contribution in [0.3, 0.4) is 0 Å². The fourth-order valence-electron chi connectivity index (χ4n) is 1.51. The van der Waals surface area contributed by atoms with Gasteiger partial charge in [-0.05, 0) is 25.1 Å². The van der Waals surface area contributed by atoms with Gasteiger partial charge in [-0.2, -0.15) is 5.26 Å². The molecule has 18 heavy (non-hydrogen) atoms. The summed E-state index contributed by atoms with van der Waals surface area (Å²) in [6.07, 6.45) is 1.70. The van der Waals surface area contributed by atoms with Crippen LogP contribution in [0.4, 0.5) is 0 Å². The summed E-state index contributed by atoms with van der Waals surface area (Å²) in [7, 11) is 0.778. The van der Waals surface area contributed by atoms with Gasteiger partial charge in [-0.25, -0.2) is 0 Å². The summed E-state index contributed by atoms with van der Waals surface area (Å²) in [5, 5.41) is 12.2. The van der Waals surface area contributed by atoms with Crippen molar-refractivity contribution >= 4 is 10.8 Å². The molecule has 1 N–H and O–H groups in total. The van der Waals surface area contributed by atoms with Crippen molar-refractivity contribution in [2.45, 2.75) is 18.7 Å². The van der Waals surface area contributed by atoms with Crippen molar-refractivity contribution in [3.63, 3.8) is 0 Å². The number of hydrogen-bond donors (Lipinski definition) is 1. The fraction of sp³-hybridized carbons (Fsp3) is 0.462. The highest BCUT2D eigenvalue weighted by atomic mass is 32.2. The van der Waals surface area contributed by atoms with Crippen LogP contribution in [0.2, 0.25) is 0 Å². The molecule has 98 valence electrons. The molecule has 0 saturated carbocycles. The normalized spacial score (nSPS) is 13.7. The summed E-state index contributed by atoms with van der Waals surface area (Å²) in [5.41, 5.74) is 1.55. The molecular formula is C13H18N2O2S. The minimum Gasteiger partial charge on any atom is -0.496 e. The molecule has 5 heteroatoms. The molecule has 0 fully saturated rings. The zero-order valence-electron chi connectivity index (χ0n) is 10.9. The SMILES string of the molecule is COc1ccc(C#N)cc1CNCC(C)S(C)=O. The Bertz CT molecular complexity index is 469. The van der Waals surface area contributed by atoms with Gasteiger partial charge in [0.15, 0.2) is 0 Å². The molecule has 0 aliphatic rings. The Hall–Kier alpha value is -1.38. The molecule has 2 unspecified atom stereocenters. The second kappa shape index (κ2) is 7.14. The third kappa shape index (κ3) is 4.13. The Morgan fingerprint density at radius 2 is 2.28 bits per heavy atom. The largest absolute Gasteiger partial charge is 0.496 e. The monoisotopic (exact) mass is 266 g/mol. The van der Waals surface area contributed by atoms with E-state index in [-0.39, 0.29) is 5.25 Å². The molecule has 0 aromatic heterocycles. The average Bonchev–Trinajstić information content (AvgIpc) is 2.38. The first kappa shape index (κ1) is 14.7. The predicted molar refractivity (Wildman–Crippen MR) is 72.9 cm³/mol. The van der Waals surface area contributed by atoms with E-state index < -0.39 is 10.8 Å². The van der Waals surface area contributed by atoms with Crippen LogP contribution in [-0.2, 0) is 17.3 Å². The van der Waals surface area contributed by atoms with Crippen molar-refractivity contribution in [2.24, 2.45) is 0 Å². The second-order valence-electron chi connectivity index (χ2n) is 4.08. The van der Waals surface area contributed by atoms with Crippen LogP contribution in [0.5, 0.6) is 5.75 Å². The molecule has 0 bridgehead atoms. The molecule has 0 aliphatic carbocycles. The highest BCUT2D eigenvalue weighted by Gasteiger charge is 2.07. The zero-order chi connectivity index (χ0) is 13.5. The predicted octanol–water partition coefficient (Wildman–Crippen LogP) is 1.42. The Labute approximate surface area is 110 Å². The summed E-state index contributed by atoms with van der Waals surface area (Å²) >= 11 is 0. The number of nitrogens with one attached hydrogen (secondary N) is 1. The molecular weight excluding hydrogens is 248 g/mol. The van der Waals surface area contributed by atoms with E-state index in [4.69, 9.17) is 10.00 Å². The van der Waals surface area contributed by atoms with Crippen molar-refractivity contribution in [3.8, 4) is 11.8 Å². The number of nitriles is 1. The van der Waals surface area contributed by atoms with E-state index in [2.05, 4.69) is 11.4 Å². The first-order chi connectivity index (χ1) is 8.58. The third-order valence-electron chi connectivity index (χ3n) is 2.72. The summed E-state index contributed by atoms with van der Waals surface area (Å²) in [4.78, 5) is 0. The lowest BCUT2D eigenvalue weighted by atomic mass is 10.1. The number of methoxy groups -OCH3 is 1. The fourth-order valence-corrected chi connectivity index (χ4v) is 1.87. The van der Waals surface area contributed by atoms with E-state index in [1.54, 1.807) is 31.6 Å². The molecule has 0 radical (unpaired) electrons. The lowest BCUT2D eigenvalue weighted by Gasteiger charge is -2.12. The summed E-state index contributed by atoms with van der Waals surface area (Å²) in [6, 6.07) is 7.43. The van der Waals surface area contributed by atoms with Gasteiger partial charge in [-0.3, -0.25) is 4.21 Å². The first-order valence-electron chi connectivity index (χ1n) is 5.68. The van der Waals surface area contributed by atoms with E-state index in [1.807, 2.05) is 6.92 Å². The summed E-state index contributed by atoms with van der Waals surface area (Å²) in [6.45, 7) is 3.20. The smallest absolute Gasteiger partial charge is 0.123 e. The maximum atomic E-state index is 11.2. The van der Waals surface area contributed by atoms with E-state index in [0.29, 0.717) is 18.7 Å². The molecule has 1 rings (SSSR count). The topological polar surface area (TPSA) is 62.1 Å². The van der Waals surface area contributed by atoms with E-state index in [1.165, 1.54) is 0 Å². The van der Waals surface area contributed by atoms with Gasteiger partial charge in [0, 0.05) is 41.0 Å². The lowest BCUT2D eigenvalue weighted by molar-refractivity contribution is 0.407. The Kier molecular flexibility index (Phi) is 5.83. The molecule has 4 nitrogen and oxygen atoms in total.